The number of nitrogens with zero attached hydrogens (tertiary/aromatic N) is 4. The van der Waals surface area contributed by atoms with E-state index in [-0.39, 0.29) is 12.3 Å². The van der Waals surface area contributed by atoms with Crippen LogP contribution in [0.25, 0.3) is 5.82 Å². The summed E-state index contributed by atoms with van der Waals surface area (Å²) in [7, 11) is -4.60. The van der Waals surface area contributed by atoms with Crippen LogP contribution in [0.1, 0.15) is 46.6 Å². The molecule has 1 fully saturated rings. The van der Waals surface area contributed by atoms with E-state index in [4.69, 9.17) is 15.0 Å². The fraction of sp³-hybridized carbons (Fsp3) is 0.412. The lowest BCUT2D eigenvalue weighted by Crippen LogP contribution is -2.36. The molecule has 0 aliphatic heterocycles. The summed E-state index contributed by atoms with van der Waals surface area (Å²) in [6, 6.07) is 4.68. The molecule has 3 unspecified atom stereocenters. The summed E-state index contributed by atoms with van der Waals surface area (Å²) in [5.74, 6) is 0.890. The van der Waals surface area contributed by atoms with Gasteiger partial charge in [0.05, 0.1) is 30.0 Å². The number of hydrogen-bond acceptors (Lipinski definition) is 6. The third-order valence-corrected chi connectivity index (χ3v) is 5.43. The number of rotatable bonds is 6. The fourth-order valence-corrected chi connectivity index (χ4v) is 4.04. The van der Waals surface area contributed by atoms with Gasteiger partial charge in [-0.3, -0.25) is 9.32 Å². The summed E-state index contributed by atoms with van der Waals surface area (Å²) < 4.78 is 16.9. The Morgan fingerprint density at radius 1 is 1.57 bits per heavy atom. The van der Waals surface area contributed by atoms with Gasteiger partial charge in [-0.15, -0.1) is 0 Å². The average molecular weight is 403 g/mol. The van der Waals surface area contributed by atoms with E-state index in [2.05, 4.69) is 26.0 Å². The highest BCUT2D eigenvalue weighted by atomic mass is 31.2. The van der Waals surface area contributed by atoms with Crippen molar-refractivity contribution in [1.29, 1.82) is 5.26 Å². The number of hydrogen-bond donors (Lipinski definition) is 3. The molecule has 11 heteroatoms. The Bertz CT molecular complexity index is 1040. The monoisotopic (exact) mass is 403 g/mol. The summed E-state index contributed by atoms with van der Waals surface area (Å²) in [4.78, 5) is 34.6. The van der Waals surface area contributed by atoms with Gasteiger partial charge >= 0.3 is 7.82 Å². The van der Waals surface area contributed by atoms with E-state index in [0.29, 0.717) is 23.2 Å². The second kappa shape index (κ2) is 6.79. The van der Waals surface area contributed by atoms with Crippen LogP contribution in [0, 0.1) is 17.2 Å². The number of carbonyl (C=O) groups excluding carboxylic acids is 1. The second-order valence-electron chi connectivity index (χ2n) is 7.11. The molecule has 0 saturated heterocycles. The lowest BCUT2D eigenvalue weighted by atomic mass is 10.1. The Labute approximate surface area is 160 Å². The van der Waals surface area contributed by atoms with Crippen LogP contribution in [-0.2, 0) is 15.5 Å². The molecule has 28 heavy (non-hydrogen) atoms. The van der Waals surface area contributed by atoms with Crippen LogP contribution < -0.4 is 5.32 Å². The minimum atomic E-state index is -4.60. The highest BCUT2D eigenvalue weighted by Crippen LogP contribution is 2.57. The summed E-state index contributed by atoms with van der Waals surface area (Å²) >= 11 is 0. The van der Waals surface area contributed by atoms with Crippen LogP contribution in [0.5, 0.6) is 0 Å². The number of pyridine rings is 1. The maximum absolute atomic E-state index is 12.7. The molecule has 0 spiro atoms. The van der Waals surface area contributed by atoms with Gasteiger partial charge in [-0.1, -0.05) is 0 Å². The van der Waals surface area contributed by atoms with Crippen LogP contribution in [0.4, 0.5) is 0 Å². The first kappa shape index (κ1) is 18.8. The third-order valence-electron chi connectivity index (χ3n) is 4.94. The van der Waals surface area contributed by atoms with Crippen molar-refractivity contribution in [3.8, 4) is 11.9 Å². The van der Waals surface area contributed by atoms with Crippen molar-refractivity contribution < 1.29 is 23.7 Å². The third kappa shape index (κ3) is 3.57. The maximum Gasteiger partial charge on any atom is 0.469 e. The molecular weight excluding hydrogens is 385 g/mol. The smallest absolute Gasteiger partial charge is 0.346 e. The SMILES string of the molecule is CC(COP(=O)(O)O)NC(=O)c1nn(-c2cc(C#N)ccn2)c2c1CC1CC21. The molecule has 0 radical (unpaired) electrons. The molecule has 1 saturated carbocycles. The first-order chi connectivity index (χ1) is 13.3. The molecule has 2 aromatic rings. The molecule has 2 heterocycles. The van der Waals surface area contributed by atoms with Gasteiger partial charge in [-0.2, -0.15) is 10.4 Å². The molecule has 0 bridgehead atoms. The van der Waals surface area contributed by atoms with Crippen LogP contribution in [0.3, 0.4) is 0 Å². The number of phosphoric acid groups is 1. The van der Waals surface area contributed by atoms with Gasteiger partial charge in [0.15, 0.2) is 11.5 Å². The molecule has 2 aliphatic carbocycles. The molecule has 3 N–H and O–H groups in total. The number of amides is 1. The summed E-state index contributed by atoms with van der Waals surface area (Å²) in [6.07, 6.45) is 3.33. The largest absolute Gasteiger partial charge is 0.469 e. The predicted molar refractivity (Wildman–Crippen MR) is 95.6 cm³/mol. The van der Waals surface area contributed by atoms with Gasteiger partial charge in [0, 0.05) is 23.7 Å². The summed E-state index contributed by atoms with van der Waals surface area (Å²) in [5.41, 5.74) is 2.55. The van der Waals surface area contributed by atoms with Crippen molar-refractivity contribution in [1.82, 2.24) is 20.1 Å². The molecule has 10 nitrogen and oxygen atoms in total. The molecule has 1 amide bonds. The first-order valence-electron chi connectivity index (χ1n) is 8.76. The van der Waals surface area contributed by atoms with Crippen molar-refractivity contribution in [3.05, 3.63) is 40.8 Å². The number of nitriles is 1. The number of nitrogens with one attached hydrogen (secondary N) is 1. The van der Waals surface area contributed by atoms with Crippen molar-refractivity contribution >= 4 is 13.7 Å². The Hall–Kier alpha value is -2.57. The standard InChI is InChI=1S/C17H18N5O5P/c1-9(8-27-28(24,25)26)20-17(23)15-13-6-11-5-12(11)16(13)22(21-15)14-4-10(7-18)2-3-19-14/h2-4,9,11-12H,5-6,8H2,1H3,(H,20,23)(H2,24,25,26). The lowest BCUT2D eigenvalue weighted by molar-refractivity contribution is 0.0909. The van der Waals surface area contributed by atoms with E-state index in [0.717, 1.165) is 24.1 Å². The molecule has 3 atom stereocenters. The normalized spacial score (nSPS) is 20.8. The Morgan fingerprint density at radius 3 is 3.07 bits per heavy atom. The Morgan fingerprint density at radius 2 is 2.36 bits per heavy atom. The van der Waals surface area contributed by atoms with E-state index in [1.54, 1.807) is 23.7 Å². The molecule has 4 rings (SSSR count). The zero-order chi connectivity index (χ0) is 20.1. The van der Waals surface area contributed by atoms with E-state index in [1.807, 2.05) is 0 Å². The van der Waals surface area contributed by atoms with Gasteiger partial charge in [-0.25, -0.2) is 14.2 Å². The van der Waals surface area contributed by atoms with Crippen LogP contribution in [-0.4, -0.2) is 43.1 Å². The molecule has 2 aromatic heterocycles. The minimum absolute atomic E-state index is 0.273. The topological polar surface area (TPSA) is 150 Å². The van der Waals surface area contributed by atoms with E-state index in [9.17, 15) is 9.36 Å². The quantitative estimate of drug-likeness (QED) is 0.605. The van der Waals surface area contributed by atoms with E-state index in [1.165, 1.54) is 6.20 Å². The first-order valence-corrected chi connectivity index (χ1v) is 10.3. The maximum atomic E-state index is 12.7. The van der Waals surface area contributed by atoms with Crippen LogP contribution in [0.15, 0.2) is 18.3 Å². The van der Waals surface area contributed by atoms with Crippen LogP contribution in [0.2, 0.25) is 0 Å². The van der Waals surface area contributed by atoms with E-state index < -0.39 is 19.8 Å². The second-order valence-corrected chi connectivity index (χ2v) is 8.35. The van der Waals surface area contributed by atoms with Crippen molar-refractivity contribution in [2.75, 3.05) is 6.61 Å². The highest BCUT2D eigenvalue weighted by Gasteiger charge is 2.50. The lowest BCUT2D eigenvalue weighted by Gasteiger charge is -2.14. The summed E-state index contributed by atoms with van der Waals surface area (Å²) in [5, 5.41) is 16.2. The van der Waals surface area contributed by atoms with Crippen molar-refractivity contribution in [2.24, 2.45) is 5.92 Å². The fourth-order valence-electron chi connectivity index (χ4n) is 3.62. The number of phosphoric ester groups is 1. The van der Waals surface area contributed by atoms with Gasteiger partial charge < -0.3 is 15.1 Å². The van der Waals surface area contributed by atoms with Crippen molar-refractivity contribution in [3.63, 3.8) is 0 Å². The summed E-state index contributed by atoms with van der Waals surface area (Å²) in [6.45, 7) is 1.26. The number of fused-ring (bicyclic) bond motifs is 3. The van der Waals surface area contributed by atoms with Gasteiger partial charge in [0.25, 0.3) is 5.91 Å². The average Bonchev–Trinajstić information content (AvgIpc) is 3.15. The predicted octanol–water partition coefficient (Wildman–Crippen LogP) is 1.03. The molecule has 146 valence electrons. The molecule has 0 aromatic carbocycles. The molecular formula is C17H18N5O5P. The van der Waals surface area contributed by atoms with Gasteiger partial charge in [0.2, 0.25) is 0 Å². The number of aromatic nitrogens is 3. The Balaban J connectivity index is 1.61. The highest BCUT2D eigenvalue weighted by molar-refractivity contribution is 7.46. The van der Waals surface area contributed by atoms with Gasteiger partial charge in [0.1, 0.15) is 0 Å². The number of carbonyl (C=O) groups is 1. The minimum Gasteiger partial charge on any atom is -0.346 e. The zero-order valence-electron chi connectivity index (χ0n) is 14.9. The van der Waals surface area contributed by atoms with Crippen molar-refractivity contribution in [2.45, 2.75) is 31.7 Å². The Kier molecular flexibility index (Phi) is 4.56. The molecule has 2 aliphatic rings. The van der Waals surface area contributed by atoms with Crippen LogP contribution >= 0.6 is 7.82 Å². The van der Waals surface area contributed by atoms with E-state index >= 15 is 0 Å². The van der Waals surface area contributed by atoms with Gasteiger partial charge in [-0.05, 0) is 31.7 Å². The zero-order valence-corrected chi connectivity index (χ0v) is 15.8.